The first-order chi connectivity index (χ1) is 13.2. The lowest BCUT2D eigenvalue weighted by Crippen LogP contribution is -1.98. The van der Waals surface area contributed by atoms with Crippen LogP contribution in [0.3, 0.4) is 0 Å². The van der Waals surface area contributed by atoms with Crippen molar-refractivity contribution in [3.8, 4) is 11.8 Å². The Kier molecular flexibility index (Phi) is 4.93. The molecule has 0 saturated carbocycles. The van der Waals surface area contributed by atoms with Gasteiger partial charge in [0.25, 0.3) is 0 Å². The minimum absolute atomic E-state index is 0.595. The zero-order chi connectivity index (χ0) is 18.8. The number of rotatable bonds is 5. The fourth-order valence-electron chi connectivity index (χ4n) is 3.13. The maximum atomic E-state index is 9.97. The molecule has 4 aromatic rings. The summed E-state index contributed by atoms with van der Waals surface area (Å²) < 4.78 is 3.85. The third-order valence-electron chi connectivity index (χ3n) is 4.28. The third-order valence-corrected chi connectivity index (χ3v) is 5.64. The summed E-state index contributed by atoms with van der Waals surface area (Å²) in [7, 11) is 0. The molecule has 0 atom stereocenters. The predicted octanol–water partition coefficient (Wildman–Crippen LogP) is 5.91. The number of hydrogen-bond donors (Lipinski definition) is 0. The van der Waals surface area contributed by atoms with Crippen molar-refractivity contribution >= 4 is 34.3 Å². The van der Waals surface area contributed by atoms with Gasteiger partial charge in [0.15, 0.2) is 0 Å². The second-order valence-corrected chi connectivity index (χ2v) is 7.68. The Bertz CT molecular complexity index is 1140. The van der Waals surface area contributed by atoms with Crippen LogP contribution in [0.1, 0.15) is 19.0 Å². The van der Waals surface area contributed by atoms with Crippen LogP contribution in [0.2, 0.25) is 5.02 Å². The Morgan fingerprint density at radius 1 is 1.19 bits per heavy atom. The van der Waals surface area contributed by atoms with E-state index >= 15 is 0 Å². The molecule has 0 saturated heterocycles. The highest BCUT2D eigenvalue weighted by Gasteiger charge is 2.20. The molecule has 0 fully saturated rings. The maximum Gasteiger partial charge on any atom is 0.140 e. The molecule has 0 amide bonds. The number of fused-ring (bicyclic) bond motifs is 1. The van der Waals surface area contributed by atoms with Crippen LogP contribution in [0.5, 0.6) is 0 Å². The van der Waals surface area contributed by atoms with Gasteiger partial charge in [0.05, 0.1) is 22.3 Å². The molecule has 2 aromatic carbocycles. The van der Waals surface area contributed by atoms with Crippen molar-refractivity contribution in [3.05, 3.63) is 71.6 Å². The van der Waals surface area contributed by atoms with Gasteiger partial charge in [-0.1, -0.05) is 54.6 Å². The average molecular weight is 393 g/mol. The van der Waals surface area contributed by atoms with E-state index in [2.05, 4.69) is 18.1 Å². The molecular weight excluding hydrogens is 376 g/mol. The van der Waals surface area contributed by atoms with Crippen LogP contribution in [0.25, 0.3) is 16.6 Å². The minimum Gasteiger partial charge on any atom is -0.297 e. The predicted molar refractivity (Wildman–Crippen MR) is 110 cm³/mol. The summed E-state index contributed by atoms with van der Waals surface area (Å²) in [6.45, 7) is 2.95. The van der Waals surface area contributed by atoms with Crippen molar-refractivity contribution < 1.29 is 0 Å². The number of nitrogens with zero attached hydrogens (tertiary/aromatic N) is 4. The van der Waals surface area contributed by atoms with Gasteiger partial charge in [-0.05, 0) is 30.7 Å². The van der Waals surface area contributed by atoms with Crippen LogP contribution in [0.15, 0.2) is 70.7 Å². The van der Waals surface area contributed by atoms with Gasteiger partial charge in [-0.3, -0.25) is 9.25 Å². The second-order valence-electron chi connectivity index (χ2n) is 6.16. The highest BCUT2D eigenvalue weighted by Crippen LogP contribution is 2.40. The Labute approximate surface area is 167 Å². The first-order valence-electron chi connectivity index (χ1n) is 8.71. The van der Waals surface area contributed by atoms with E-state index in [1.165, 1.54) is 0 Å². The van der Waals surface area contributed by atoms with Gasteiger partial charge >= 0.3 is 0 Å². The summed E-state index contributed by atoms with van der Waals surface area (Å²) in [5, 5.41) is 16.1. The zero-order valence-electron chi connectivity index (χ0n) is 14.8. The summed E-state index contributed by atoms with van der Waals surface area (Å²) in [5.74, 6) is 0. The van der Waals surface area contributed by atoms with E-state index in [0.29, 0.717) is 10.7 Å². The second kappa shape index (κ2) is 7.51. The molecule has 0 aliphatic heterocycles. The lowest BCUT2D eigenvalue weighted by molar-refractivity contribution is 0.602. The lowest BCUT2D eigenvalue weighted by atomic mass is 10.2. The number of aromatic nitrogens is 3. The molecule has 0 unspecified atom stereocenters. The fraction of sp³-hybridized carbons (Fsp3) is 0.143. The normalized spacial score (nSPS) is 11.0. The fourth-order valence-corrected chi connectivity index (χ4v) is 4.34. The molecule has 0 N–H and O–H groups in total. The van der Waals surface area contributed by atoms with Gasteiger partial charge in [0.1, 0.15) is 11.8 Å². The highest BCUT2D eigenvalue weighted by molar-refractivity contribution is 7.99. The lowest BCUT2D eigenvalue weighted by Gasteiger charge is -2.04. The molecule has 27 heavy (non-hydrogen) atoms. The summed E-state index contributed by atoms with van der Waals surface area (Å²) >= 11 is 7.87. The number of aryl methyl sites for hydroxylation is 1. The van der Waals surface area contributed by atoms with Crippen molar-refractivity contribution in [2.24, 2.45) is 0 Å². The molecule has 0 aliphatic carbocycles. The average Bonchev–Trinajstić information content (AvgIpc) is 3.25. The molecule has 2 heterocycles. The largest absolute Gasteiger partial charge is 0.297 e. The van der Waals surface area contributed by atoms with Crippen molar-refractivity contribution in [1.29, 1.82) is 5.26 Å². The minimum atomic E-state index is 0.595. The van der Waals surface area contributed by atoms with Crippen molar-refractivity contribution in [2.75, 3.05) is 0 Å². The van der Waals surface area contributed by atoms with Crippen LogP contribution >= 0.6 is 23.4 Å². The monoisotopic (exact) mass is 392 g/mol. The molecule has 0 bridgehead atoms. The molecule has 4 nitrogen and oxygen atoms in total. The van der Waals surface area contributed by atoms with E-state index in [1.54, 1.807) is 18.0 Å². The first kappa shape index (κ1) is 17.7. The number of halogens is 1. The highest BCUT2D eigenvalue weighted by atomic mass is 35.5. The van der Waals surface area contributed by atoms with E-state index in [0.717, 1.165) is 39.3 Å². The van der Waals surface area contributed by atoms with E-state index < -0.39 is 0 Å². The van der Waals surface area contributed by atoms with Gasteiger partial charge in [-0.25, -0.2) is 0 Å². The summed E-state index contributed by atoms with van der Waals surface area (Å²) in [5.41, 5.74) is 2.37. The van der Waals surface area contributed by atoms with Crippen LogP contribution in [0.4, 0.5) is 0 Å². The Hall–Kier alpha value is -2.68. The maximum absolute atomic E-state index is 9.97. The van der Waals surface area contributed by atoms with Crippen LogP contribution in [-0.4, -0.2) is 14.3 Å². The first-order valence-corrected chi connectivity index (χ1v) is 9.90. The summed E-state index contributed by atoms with van der Waals surface area (Å²) in [6.07, 6.45) is 4.77. The van der Waals surface area contributed by atoms with Gasteiger partial charge in [0.2, 0.25) is 0 Å². The quantitative estimate of drug-likeness (QED) is 0.424. The van der Waals surface area contributed by atoms with Crippen LogP contribution in [0, 0.1) is 11.3 Å². The Balaban J connectivity index is 1.94. The smallest absolute Gasteiger partial charge is 0.140 e. The van der Waals surface area contributed by atoms with Gasteiger partial charge in [-0.15, -0.1) is 0 Å². The van der Waals surface area contributed by atoms with Crippen LogP contribution < -0.4 is 0 Å². The number of nitriles is 1. The van der Waals surface area contributed by atoms with E-state index in [-0.39, 0.29) is 0 Å². The zero-order valence-corrected chi connectivity index (χ0v) is 16.3. The van der Waals surface area contributed by atoms with E-state index in [9.17, 15) is 5.26 Å². The Morgan fingerprint density at radius 3 is 2.74 bits per heavy atom. The molecule has 0 aliphatic rings. The number of hydrogen-bond acceptors (Lipinski definition) is 3. The van der Waals surface area contributed by atoms with Crippen molar-refractivity contribution in [1.82, 2.24) is 14.3 Å². The summed E-state index contributed by atoms with van der Waals surface area (Å²) in [4.78, 5) is 2.02. The molecule has 134 valence electrons. The molecular formula is C21H17ClN4S. The molecule has 0 spiro atoms. The van der Waals surface area contributed by atoms with E-state index in [1.807, 2.05) is 64.0 Å². The topological polar surface area (TPSA) is 46.5 Å². The molecule has 6 heteroatoms. The van der Waals surface area contributed by atoms with Gasteiger partial charge < -0.3 is 0 Å². The molecule has 4 rings (SSSR count). The molecule has 0 radical (unpaired) electrons. The summed E-state index contributed by atoms with van der Waals surface area (Å²) in [6, 6.07) is 18.2. The molecule has 2 aromatic heterocycles. The third kappa shape index (κ3) is 3.34. The van der Waals surface area contributed by atoms with Gasteiger partial charge in [-0.2, -0.15) is 10.4 Å². The standard InChI is InChI=1S/C21H17ClN4S/c1-2-10-25-14-16(13-24-25)26-19-11-15(22)8-9-18(19)21(20(26)12-23)27-17-6-4-3-5-7-17/h3-9,11,13-14H,2,10H2,1H3. The SMILES string of the molecule is CCCn1cc(-n2c(C#N)c(Sc3ccccc3)c3ccc(Cl)cc32)cn1. The number of benzene rings is 2. The van der Waals surface area contributed by atoms with Crippen molar-refractivity contribution in [3.63, 3.8) is 0 Å². The van der Waals surface area contributed by atoms with E-state index in [4.69, 9.17) is 11.6 Å². The van der Waals surface area contributed by atoms with Crippen molar-refractivity contribution in [2.45, 2.75) is 29.7 Å². The Morgan fingerprint density at radius 2 is 2.00 bits per heavy atom. The van der Waals surface area contributed by atoms with Crippen LogP contribution in [-0.2, 0) is 6.54 Å². The van der Waals surface area contributed by atoms with Gasteiger partial charge in [0, 0.05) is 28.0 Å².